The SMILES string of the molecule is CNC1CC(C)CCN(CCN(C)C)C1=O. The second-order valence-corrected chi connectivity index (χ2v) is 5.10. The van der Waals surface area contributed by atoms with E-state index in [-0.39, 0.29) is 11.9 Å². The minimum atomic E-state index is 0.0136. The molecule has 1 aliphatic rings. The first kappa shape index (κ1) is 13.5. The van der Waals surface area contributed by atoms with Crippen LogP contribution in [-0.2, 0) is 4.79 Å². The first-order valence-corrected chi connectivity index (χ1v) is 6.15. The van der Waals surface area contributed by atoms with Crippen molar-refractivity contribution in [2.75, 3.05) is 40.8 Å². The third-order valence-electron chi connectivity index (χ3n) is 3.31. The Kier molecular flexibility index (Phi) is 5.22. The molecule has 1 heterocycles. The summed E-state index contributed by atoms with van der Waals surface area (Å²) >= 11 is 0. The van der Waals surface area contributed by atoms with Crippen molar-refractivity contribution >= 4 is 5.91 Å². The van der Waals surface area contributed by atoms with Crippen molar-refractivity contribution < 1.29 is 4.79 Å². The van der Waals surface area contributed by atoms with Gasteiger partial charge in [0.15, 0.2) is 0 Å². The van der Waals surface area contributed by atoms with Crippen molar-refractivity contribution in [3.8, 4) is 0 Å². The van der Waals surface area contributed by atoms with Crippen molar-refractivity contribution in [2.24, 2.45) is 5.92 Å². The zero-order valence-corrected chi connectivity index (χ0v) is 11.0. The second-order valence-electron chi connectivity index (χ2n) is 5.10. The monoisotopic (exact) mass is 227 g/mol. The van der Waals surface area contributed by atoms with Crippen LogP contribution in [0.1, 0.15) is 19.8 Å². The standard InChI is InChI=1S/C12H25N3O/c1-10-5-6-15(8-7-14(3)4)12(16)11(9-10)13-2/h10-11,13H,5-9H2,1-4H3. The van der Waals surface area contributed by atoms with Gasteiger partial charge in [-0.25, -0.2) is 0 Å². The lowest BCUT2D eigenvalue weighted by molar-refractivity contribution is -0.132. The average molecular weight is 227 g/mol. The van der Waals surface area contributed by atoms with Crippen molar-refractivity contribution in [1.29, 1.82) is 0 Å². The van der Waals surface area contributed by atoms with E-state index in [4.69, 9.17) is 0 Å². The molecule has 0 radical (unpaired) electrons. The summed E-state index contributed by atoms with van der Waals surface area (Å²) in [6.45, 7) is 4.92. The van der Waals surface area contributed by atoms with Crippen molar-refractivity contribution in [1.82, 2.24) is 15.1 Å². The molecule has 94 valence electrons. The van der Waals surface area contributed by atoms with Gasteiger partial charge in [-0.3, -0.25) is 4.79 Å². The molecule has 2 unspecified atom stereocenters. The first-order valence-electron chi connectivity index (χ1n) is 6.15. The summed E-state index contributed by atoms with van der Waals surface area (Å²) in [6.07, 6.45) is 2.09. The van der Waals surface area contributed by atoms with Crippen LogP contribution in [0.5, 0.6) is 0 Å². The molecule has 2 atom stereocenters. The van der Waals surface area contributed by atoms with Gasteiger partial charge < -0.3 is 15.1 Å². The van der Waals surface area contributed by atoms with Gasteiger partial charge in [0.25, 0.3) is 0 Å². The molecule has 0 aromatic rings. The van der Waals surface area contributed by atoms with E-state index in [0.717, 1.165) is 32.5 Å². The largest absolute Gasteiger partial charge is 0.340 e. The zero-order chi connectivity index (χ0) is 12.1. The Morgan fingerprint density at radius 2 is 2.19 bits per heavy atom. The number of likely N-dealkylation sites (tertiary alicyclic amines) is 1. The highest BCUT2D eigenvalue weighted by atomic mass is 16.2. The Balaban J connectivity index is 2.57. The lowest BCUT2D eigenvalue weighted by Crippen LogP contribution is -2.46. The van der Waals surface area contributed by atoms with Gasteiger partial charge in [0, 0.05) is 19.6 Å². The predicted molar refractivity (Wildman–Crippen MR) is 66.4 cm³/mol. The number of hydrogen-bond acceptors (Lipinski definition) is 3. The summed E-state index contributed by atoms with van der Waals surface area (Å²) in [4.78, 5) is 16.3. The highest BCUT2D eigenvalue weighted by Crippen LogP contribution is 2.17. The van der Waals surface area contributed by atoms with Gasteiger partial charge in [0.05, 0.1) is 6.04 Å². The summed E-state index contributed by atoms with van der Waals surface area (Å²) in [6, 6.07) is 0.0136. The molecule has 0 saturated carbocycles. The van der Waals surface area contributed by atoms with Crippen LogP contribution in [-0.4, -0.2) is 62.5 Å². The maximum atomic E-state index is 12.2. The average Bonchev–Trinajstić information content (AvgIpc) is 2.36. The van der Waals surface area contributed by atoms with Crippen LogP contribution >= 0.6 is 0 Å². The maximum absolute atomic E-state index is 12.2. The molecule has 1 saturated heterocycles. The quantitative estimate of drug-likeness (QED) is 0.755. The Labute approximate surface area is 99.0 Å². The molecule has 1 rings (SSSR count). The summed E-state index contributed by atoms with van der Waals surface area (Å²) < 4.78 is 0. The molecule has 0 aromatic heterocycles. The number of nitrogens with zero attached hydrogens (tertiary/aromatic N) is 2. The fraction of sp³-hybridized carbons (Fsp3) is 0.917. The van der Waals surface area contributed by atoms with Crippen LogP contribution in [0.3, 0.4) is 0 Å². The van der Waals surface area contributed by atoms with Crippen LogP contribution in [0.4, 0.5) is 0 Å². The normalized spacial score (nSPS) is 27.3. The van der Waals surface area contributed by atoms with Gasteiger partial charge in [0.2, 0.25) is 5.91 Å². The van der Waals surface area contributed by atoms with Crippen LogP contribution in [0.2, 0.25) is 0 Å². The molecular weight excluding hydrogens is 202 g/mol. The molecule has 0 bridgehead atoms. The summed E-state index contributed by atoms with van der Waals surface area (Å²) in [5.74, 6) is 0.902. The summed E-state index contributed by atoms with van der Waals surface area (Å²) in [5, 5.41) is 3.14. The molecule has 1 aliphatic heterocycles. The lowest BCUT2D eigenvalue weighted by atomic mass is 10.0. The number of carbonyl (C=O) groups is 1. The Morgan fingerprint density at radius 1 is 1.50 bits per heavy atom. The van der Waals surface area contributed by atoms with Crippen LogP contribution < -0.4 is 5.32 Å². The molecule has 16 heavy (non-hydrogen) atoms. The molecule has 0 spiro atoms. The molecule has 1 fully saturated rings. The second kappa shape index (κ2) is 6.21. The van der Waals surface area contributed by atoms with Gasteiger partial charge in [-0.2, -0.15) is 0 Å². The van der Waals surface area contributed by atoms with Crippen molar-refractivity contribution in [3.05, 3.63) is 0 Å². The van der Waals surface area contributed by atoms with E-state index in [0.29, 0.717) is 5.92 Å². The van der Waals surface area contributed by atoms with E-state index in [9.17, 15) is 4.79 Å². The van der Waals surface area contributed by atoms with E-state index in [2.05, 4.69) is 17.1 Å². The van der Waals surface area contributed by atoms with E-state index < -0.39 is 0 Å². The van der Waals surface area contributed by atoms with E-state index in [1.807, 2.05) is 26.0 Å². The highest BCUT2D eigenvalue weighted by molar-refractivity contribution is 5.82. The zero-order valence-electron chi connectivity index (χ0n) is 11.0. The lowest BCUT2D eigenvalue weighted by Gasteiger charge is -2.25. The molecule has 1 N–H and O–H groups in total. The van der Waals surface area contributed by atoms with Crippen molar-refractivity contribution in [3.63, 3.8) is 0 Å². The van der Waals surface area contributed by atoms with E-state index in [1.54, 1.807) is 0 Å². The maximum Gasteiger partial charge on any atom is 0.239 e. The van der Waals surface area contributed by atoms with Crippen LogP contribution in [0.25, 0.3) is 0 Å². The van der Waals surface area contributed by atoms with E-state index in [1.165, 1.54) is 0 Å². The fourth-order valence-corrected chi connectivity index (χ4v) is 2.11. The fourth-order valence-electron chi connectivity index (χ4n) is 2.11. The number of amides is 1. The Morgan fingerprint density at radius 3 is 2.75 bits per heavy atom. The Hall–Kier alpha value is -0.610. The molecular formula is C12H25N3O. The number of carbonyl (C=O) groups excluding carboxylic acids is 1. The topological polar surface area (TPSA) is 35.6 Å². The number of rotatable bonds is 4. The van der Waals surface area contributed by atoms with Gasteiger partial charge in [-0.1, -0.05) is 6.92 Å². The predicted octanol–water partition coefficient (Wildman–Crippen LogP) is 0.395. The Bertz CT molecular complexity index is 230. The molecule has 4 nitrogen and oxygen atoms in total. The minimum absolute atomic E-state index is 0.0136. The molecule has 0 aliphatic carbocycles. The number of nitrogens with one attached hydrogen (secondary N) is 1. The molecule has 0 aromatic carbocycles. The smallest absolute Gasteiger partial charge is 0.239 e. The molecule has 4 heteroatoms. The summed E-state index contributed by atoms with van der Waals surface area (Å²) in [5.41, 5.74) is 0. The summed E-state index contributed by atoms with van der Waals surface area (Å²) in [7, 11) is 5.96. The van der Waals surface area contributed by atoms with Gasteiger partial charge in [-0.05, 0) is 39.9 Å². The number of hydrogen-bond donors (Lipinski definition) is 1. The van der Waals surface area contributed by atoms with Gasteiger partial charge in [0.1, 0.15) is 0 Å². The molecule has 1 amide bonds. The van der Waals surface area contributed by atoms with Gasteiger partial charge >= 0.3 is 0 Å². The van der Waals surface area contributed by atoms with Crippen LogP contribution in [0.15, 0.2) is 0 Å². The first-order chi connectivity index (χ1) is 7.54. The van der Waals surface area contributed by atoms with E-state index >= 15 is 0 Å². The highest BCUT2D eigenvalue weighted by Gasteiger charge is 2.28. The van der Waals surface area contributed by atoms with Crippen molar-refractivity contribution in [2.45, 2.75) is 25.8 Å². The van der Waals surface area contributed by atoms with Crippen LogP contribution in [0, 0.1) is 5.92 Å². The third-order valence-corrected chi connectivity index (χ3v) is 3.31. The minimum Gasteiger partial charge on any atom is -0.340 e. The van der Waals surface area contributed by atoms with Gasteiger partial charge in [-0.15, -0.1) is 0 Å². The third kappa shape index (κ3) is 3.76. The number of likely N-dealkylation sites (N-methyl/N-ethyl adjacent to an activating group) is 2.